The molecule has 0 fully saturated rings. The molecule has 0 saturated carbocycles. The lowest BCUT2D eigenvalue weighted by Gasteiger charge is -2.16. The van der Waals surface area contributed by atoms with Crippen LogP contribution in [0.4, 0.5) is 0 Å². The summed E-state index contributed by atoms with van der Waals surface area (Å²) in [6.45, 7) is 0.525. The van der Waals surface area contributed by atoms with Gasteiger partial charge in [0.25, 0.3) is 0 Å². The molecule has 0 aliphatic heterocycles. The van der Waals surface area contributed by atoms with Crippen molar-refractivity contribution in [1.82, 2.24) is 4.98 Å². The first-order valence-corrected chi connectivity index (χ1v) is 7.63. The summed E-state index contributed by atoms with van der Waals surface area (Å²) in [5.41, 5.74) is 5.33. The molecule has 2 N–H and O–H groups in total. The summed E-state index contributed by atoms with van der Waals surface area (Å²) in [7, 11) is 0. The summed E-state index contributed by atoms with van der Waals surface area (Å²) >= 11 is 1.68. The highest BCUT2D eigenvalue weighted by Crippen LogP contribution is 2.28. The fourth-order valence-electron chi connectivity index (χ4n) is 2.60. The SMILES string of the molecule is NOCCc1nc(-c2ccc3c(c2)CCCC3)cs1. The maximum Gasteiger partial charge on any atom is 0.0956 e. The van der Waals surface area contributed by atoms with Crippen molar-refractivity contribution in [3.63, 3.8) is 0 Å². The van der Waals surface area contributed by atoms with E-state index in [4.69, 9.17) is 5.90 Å². The summed E-state index contributed by atoms with van der Waals surface area (Å²) < 4.78 is 0. The van der Waals surface area contributed by atoms with E-state index in [0.717, 1.165) is 17.1 Å². The maximum atomic E-state index is 5.05. The number of hydrogen-bond donors (Lipinski definition) is 1. The van der Waals surface area contributed by atoms with Crippen LogP contribution in [0.3, 0.4) is 0 Å². The smallest absolute Gasteiger partial charge is 0.0956 e. The van der Waals surface area contributed by atoms with Gasteiger partial charge in [0.05, 0.1) is 17.3 Å². The fourth-order valence-corrected chi connectivity index (χ4v) is 3.39. The number of aryl methyl sites for hydroxylation is 2. The van der Waals surface area contributed by atoms with E-state index in [2.05, 4.69) is 33.4 Å². The lowest BCUT2D eigenvalue weighted by molar-refractivity contribution is 0.141. The van der Waals surface area contributed by atoms with Crippen LogP contribution in [-0.4, -0.2) is 11.6 Å². The first-order valence-electron chi connectivity index (χ1n) is 6.75. The lowest BCUT2D eigenvalue weighted by Crippen LogP contribution is -2.03. The number of hydrogen-bond acceptors (Lipinski definition) is 4. The van der Waals surface area contributed by atoms with Gasteiger partial charge in [-0.3, -0.25) is 0 Å². The molecule has 2 aromatic rings. The van der Waals surface area contributed by atoms with E-state index in [1.54, 1.807) is 11.3 Å². The van der Waals surface area contributed by atoms with E-state index in [1.807, 2.05) is 0 Å². The summed E-state index contributed by atoms with van der Waals surface area (Å²) in [5, 5.41) is 3.20. The van der Waals surface area contributed by atoms with Gasteiger partial charge in [0.2, 0.25) is 0 Å². The maximum absolute atomic E-state index is 5.05. The molecule has 0 spiro atoms. The molecule has 19 heavy (non-hydrogen) atoms. The van der Waals surface area contributed by atoms with Crippen LogP contribution < -0.4 is 5.90 Å². The van der Waals surface area contributed by atoms with Gasteiger partial charge in [0.1, 0.15) is 0 Å². The van der Waals surface area contributed by atoms with Crippen molar-refractivity contribution < 1.29 is 4.84 Å². The molecule has 1 aromatic carbocycles. The third-order valence-electron chi connectivity index (χ3n) is 3.63. The van der Waals surface area contributed by atoms with E-state index in [1.165, 1.54) is 42.4 Å². The summed E-state index contributed by atoms with van der Waals surface area (Å²) in [6, 6.07) is 6.78. The topological polar surface area (TPSA) is 48.1 Å². The number of fused-ring (bicyclic) bond motifs is 1. The molecule has 1 aromatic heterocycles. The Morgan fingerprint density at radius 3 is 2.89 bits per heavy atom. The summed E-state index contributed by atoms with van der Waals surface area (Å²) in [6.07, 6.45) is 5.86. The Kier molecular flexibility index (Phi) is 3.92. The fraction of sp³-hybridized carbons (Fsp3) is 0.400. The molecule has 100 valence electrons. The normalized spacial score (nSPS) is 14.4. The van der Waals surface area contributed by atoms with Gasteiger partial charge in [-0.2, -0.15) is 0 Å². The average molecular weight is 274 g/mol. The molecule has 0 unspecified atom stereocenters. The third-order valence-corrected chi connectivity index (χ3v) is 4.54. The predicted molar refractivity (Wildman–Crippen MR) is 78.0 cm³/mol. The van der Waals surface area contributed by atoms with Crippen LogP contribution in [0.25, 0.3) is 11.3 Å². The summed E-state index contributed by atoms with van der Waals surface area (Å²) in [4.78, 5) is 9.25. The van der Waals surface area contributed by atoms with Crippen molar-refractivity contribution in [2.24, 2.45) is 5.90 Å². The Morgan fingerprint density at radius 1 is 1.21 bits per heavy atom. The van der Waals surface area contributed by atoms with E-state index < -0.39 is 0 Å². The van der Waals surface area contributed by atoms with E-state index in [0.29, 0.717) is 6.61 Å². The van der Waals surface area contributed by atoms with Crippen molar-refractivity contribution in [3.8, 4) is 11.3 Å². The third kappa shape index (κ3) is 2.86. The molecule has 1 heterocycles. The van der Waals surface area contributed by atoms with Crippen molar-refractivity contribution in [2.75, 3.05) is 6.61 Å². The minimum absolute atomic E-state index is 0.525. The molecule has 1 aliphatic rings. The van der Waals surface area contributed by atoms with Crippen molar-refractivity contribution in [2.45, 2.75) is 32.1 Å². The number of benzene rings is 1. The molecule has 1 aliphatic carbocycles. The number of rotatable bonds is 4. The number of nitrogens with two attached hydrogens (primary N) is 1. The highest BCUT2D eigenvalue weighted by molar-refractivity contribution is 7.09. The van der Waals surface area contributed by atoms with Crippen LogP contribution >= 0.6 is 11.3 Å². The van der Waals surface area contributed by atoms with Crippen molar-refractivity contribution in [3.05, 3.63) is 39.7 Å². The Hall–Kier alpha value is -1.23. The second-order valence-electron chi connectivity index (χ2n) is 4.94. The number of nitrogens with zero attached hydrogens (tertiary/aromatic N) is 1. The van der Waals surface area contributed by atoms with Crippen LogP contribution in [0.1, 0.15) is 29.0 Å². The Balaban J connectivity index is 1.83. The van der Waals surface area contributed by atoms with Gasteiger partial charge in [-0.1, -0.05) is 12.1 Å². The van der Waals surface area contributed by atoms with Crippen LogP contribution in [-0.2, 0) is 24.1 Å². The highest BCUT2D eigenvalue weighted by Gasteiger charge is 2.11. The molecule has 4 heteroatoms. The van der Waals surface area contributed by atoms with Crippen LogP contribution in [0, 0.1) is 0 Å². The van der Waals surface area contributed by atoms with Gasteiger partial charge < -0.3 is 4.84 Å². The quantitative estimate of drug-likeness (QED) is 0.871. The molecule has 0 atom stereocenters. The monoisotopic (exact) mass is 274 g/mol. The predicted octanol–water partition coefficient (Wildman–Crippen LogP) is 3.12. The first kappa shape index (κ1) is 12.8. The van der Waals surface area contributed by atoms with Gasteiger partial charge >= 0.3 is 0 Å². The number of thiazole rings is 1. The molecular formula is C15H18N2OS. The van der Waals surface area contributed by atoms with Gasteiger partial charge in [0, 0.05) is 17.4 Å². The zero-order valence-corrected chi connectivity index (χ0v) is 11.7. The molecule has 3 rings (SSSR count). The average Bonchev–Trinajstić information content (AvgIpc) is 2.93. The van der Waals surface area contributed by atoms with Crippen LogP contribution in [0.15, 0.2) is 23.6 Å². The van der Waals surface area contributed by atoms with Gasteiger partial charge in [-0.05, 0) is 42.9 Å². The summed E-state index contributed by atoms with van der Waals surface area (Å²) in [5.74, 6) is 5.05. The van der Waals surface area contributed by atoms with E-state index in [-0.39, 0.29) is 0 Å². The minimum Gasteiger partial charge on any atom is -0.304 e. The van der Waals surface area contributed by atoms with Crippen molar-refractivity contribution in [1.29, 1.82) is 0 Å². The highest BCUT2D eigenvalue weighted by atomic mass is 32.1. The lowest BCUT2D eigenvalue weighted by atomic mass is 9.90. The molecule has 0 amide bonds. The second kappa shape index (κ2) is 5.82. The largest absolute Gasteiger partial charge is 0.304 e. The van der Waals surface area contributed by atoms with Crippen LogP contribution in [0.2, 0.25) is 0 Å². The number of aromatic nitrogens is 1. The standard InChI is InChI=1S/C15H18N2OS/c16-18-8-7-15-17-14(10-19-15)13-6-5-11-3-1-2-4-12(11)9-13/h5-6,9-10H,1-4,7-8,16H2. The van der Waals surface area contributed by atoms with Gasteiger partial charge in [0.15, 0.2) is 0 Å². The van der Waals surface area contributed by atoms with E-state index in [9.17, 15) is 0 Å². The Bertz CT molecular complexity index is 565. The molecule has 0 radical (unpaired) electrons. The molecular weight excluding hydrogens is 256 g/mol. The van der Waals surface area contributed by atoms with Crippen LogP contribution in [0.5, 0.6) is 0 Å². The first-order chi connectivity index (χ1) is 9.36. The zero-order chi connectivity index (χ0) is 13.1. The van der Waals surface area contributed by atoms with Gasteiger partial charge in [-0.15, -0.1) is 11.3 Å². The molecule has 3 nitrogen and oxygen atoms in total. The molecule has 0 bridgehead atoms. The van der Waals surface area contributed by atoms with Gasteiger partial charge in [-0.25, -0.2) is 10.9 Å². The zero-order valence-electron chi connectivity index (χ0n) is 10.9. The van der Waals surface area contributed by atoms with E-state index >= 15 is 0 Å². The minimum atomic E-state index is 0.525. The van der Waals surface area contributed by atoms with Crippen molar-refractivity contribution >= 4 is 11.3 Å². The second-order valence-corrected chi connectivity index (χ2v) is 5.88. The molecule has 0 saturated heterocycles. The Labute approximate surface area is 117 Å². The Morgan fingerprint density at radius 2 is 2.05 bits per heavy atom.